The summed E-state index contributed by atoms with van der Waals surface area (Å²) < 4.78 is 0. The van der Waals surface area contributed by atoms with E-state index in [2.05, 4.69) is 42.7 Å². The molecule has 0 atom stereocenters. The molecular weight excluding hydrogens is 222 g/mol. The van der Waals surface area contributed by atoms with Gasteiger partial charge in [0.25, 0.3) is 0 Å². The number of anilines is 2. The van der Waals surface area contributed by atoms with Crippen LogP contribution in [0.1, 0.15) is 27.2 Å². The van der Waals surface area contributed by atoms with Crippen LogP contribution in [0.15, 0.2) is 24.3 Å². The van der Waals surface area contributed by atoms with Crippen molar-refractivity contribution in [2.24, 2.45) is 0 Å². The lowest BCUT2D eigenvalue weighted by Crippen LogP contribution is -2.35. The molecule has 0 spiro atoms. The van der Waals surface area contributed by atoms with Crippen LogP contribution in [0, 0.1) is 0 Å². The Balaban J connectivity index is 2.68. The van der Waals surface area contributed by atoms with Gasteiger partial charge in [0.05, 0.1) is 11.4 Å². The van der Waals surface area contributed by atoms with Crippen LogP contribution in [-0.4, -0.2) is 37.6 Å². The second-order valence-electron chi connectivity index (χ2n) is 4.57. The summed E-state index contributed by atoms with van der Waals surface area (Å²) in [6.45, 7) is 12.1. The van der Waals surface area contributed by atoms with Crippen LogP contribution in [0.25, 0.3) is 0 Å². The first-order chi connectivity index (χ1) is 8.72. The largest absolute Gasteiger partial charge is 0.397 e. The Bertz CT molecular complexity index is 334. The topological polar surface area (TPSA) is 32.5 Å². The molecule has 0 aromatic heterocycles. The summed E-state index contributed by atoms with van der Waals surface area (Å²) in [6, 6.07) is 8.15. The quantitative estimate of drug-likeness (QED) is 0.719. The van der Waals surface area contributed by atoms with Gasteiger partial charge in [0, 0.05) is 19.6 Å². The van der Waals surface area contributed by atoms with Gasteiger partial charge in [-0.05, 0) is 31.6 Å². The molecular formula is C15H27N3. The highest BCUT2D eigenvalue weighted by atomic mass is 15.2. The maximum atomic E-state index is 6.07. The van der Waals surface area contributed by atoms with Gasteiger partial charge in [-0.2, -0.15) is 0 Å². The van der Waals surface area contributed by atoms with Crippen LogP contribution in [-0.2, 0) is 0 Å². The normalized spacial score (nSPS) is 10.9. The number of benzene rings is 1. The number of likely N-dealkylation sites (N-methyl/N-ethyl adjacent to an activating group) is 1. The molecule has 0 bridgehead atoms. The van der Waals surface area contributed by atoms with Gasteiger partial charge in [-0.15, -0.1) is 0 Å². The average Bonchev–Trinajstić information content (AvgIpc) is 2.39. The van der Waals surface area contributed by atoms with Crippen molar-refractivity contribution in [1.29, 1.82) is 0 Å². The molecule has 0 aliphatic rings. The van der Waals surface area contributed by atoms with E-state index >= 15 is 0 Å². The highest BCUT2D eigenvalue weighted by Gasteiger charge is 2.09. The number of para-hydroxylation sites is 2. The number of nitrogen functional groups attached to an aromatic ring is 1. The summed E-state index contributed by atoms with van der Waals surface area (Å²) in [6.07, 6.45) is 1.15. The monoisotopic (exact) mass is 249 g/mol. The van der Waals surface area contributed by atoms with E-state index in [1.54, 1.807) is 0 Å². The number of hydrogen-bond donors (Lipinski definition) is 1. The predicted molar refractivity (Wildman–Crippen MR) is 81.1 cm³/mol. The standard InChI is InChI=1S/C15H27N3/c1-4-11-18(13-12-17(5-2)6-3)15-10-8-7-9-14(15)16/h7-10H,4-6,11-13,16H2,1-3H3. The minimum atomic E-state index is 0.880. The van der Waals surface area contributed by atoms with Crippen LogP contribution in [0.5, 0.6) is 0 Å². The highest BCUT2D eigenvalue weighted by molar-refractivity contribution is 5.67. The molecule has 0 aliphatic carbocycles. The smallest absolute Gasteiger partial charge is 0.0600 e. The van der Waals surface area contributed by atoms with Gasteiger partial charge in [-0.3, -0.25) is 0 Å². The fourth-order valence-electron chi connectivity index (χ4n) is 2.20. The number of nitrogens with zero attached hydrogens (tertiary/aromatic N) is 2. The van der Waals surface area contributed by atoms with E-state index in [1.807, 2.05) is 12.1 Å². The lowest BCUT2D eigenvalue weighted by atomic mass is 10.2. The molecule has 0 saturated heterocycles. The Hall–Kier alpha value is -1.22. The van der Waals surface area contributed by atoms with E-state index < -0.39 is 0 Å². The van der Waals surface area contributed by atoms with Crippen LogP contribution < -0.4 is 10.6 Å². The Morgan fingerprint density at radius 2 is 1.61 bits per heavy atom. The van der Waals surface area contributed by atoms with Crippen LogP contribution >= 0.6 is 0 Å². The van der Waals surface area contributed by atoms with E-state index in [9.17, 15) is 0 Å². The fourth-order valence-corrected chi connectivity index (χ4v) is 2.20. The van der Waals surface area contributed by atoms with Crippen molar-refractivity contribution in [2.75, 3.05) is 43.4 Å². The summed E-state index contributed by atoms with van der Waals surface area (Å²) in [4.78, 5) is 4.84. The van der Waals surface area contributed by atoms with Crippen molar-refractivity contribution in [1.82, 2.24) is 4.90 Å². The van der Waals surface area contributed by atoms with Gasteiger partial charge in [-0.1, -0.05) is 32.9 Å². The third-order valence-corrected chi connectivity index (χ3v) is 3.35. The molecule has 3 nitrogen and oxygen atoms in total. The maximum Gasteiger partial charge on any atom is 0.0600 e. The summed E-state index contributed by atoms with van der Waals surface area (Å²) in [5.41, 5.74) is 8.12. The Morgan fingerprint density at radius 1 is 0.944 bits per heavy atom. The first kappa shape index (κ1) is 14.8. The molecule has 1 aromatic rings. The highest BCUT2D eigenvalue weighted by Crippen LogP contribution is 2.22. The molecule has 0 fully saturated rings. The second-order valence-corrected chi connectivity index (χ2v) is 4.57. The van der Waals surface area contributed by atoms with Crippen molar-refractivity contribution in [3.63, 3.8) is 0 Å². The molecule has 0 heterocycles. The molecule has 1 aromatic carbocycles. The van der Waals surface area contributed by atoms with Crippen molar-refractivity contribution in [3.05, 3.63) is 24.3 Å². The zero-order valence-corrected chi connectivity index (χ0v) is 12.0. The minimum Gasteiger partial charge on any atom is -0.397 e. The third kappa shape index (κ3) is 4.22. The van der Waals surface area contributed by atoms with Crippen molar-refractivity contribution in [2.45, 2.75) is 27.2 Å². The molecule has 2 N–H and O–H groups in total. The molecule has 0 saturated carbocycles. The zero-order chi connectivity index (χ0) is 13.4. The maximum absolute atomic E-state index is 6.07. The van der Waals surface area contributed by atoms with E-state index in [0.29, 0.717) is 0 Å². The van der Waals surface area contributed by atoms with E-state index in [4.69, 9.17) is 5.73 Å². The van der Waals surface area contributed by atoms with Crippen LogP contribution in [0.3, 0.4) is 0 Å². The molecule has 0 unspecified atom stereocenters. The summed E-state index contributed by atoms with van der Waals surface area (Å²) in [5.74, 6) is 0. The molecule has 0 radical (unpaired) electrons. The number of rotatable bonds is 8. The van der Waals surface area contributed by atoms with E-state index in [1.165, 1.54) is 5.69 Å². The van der Waals surface area contributed by atoms with Gasteiger partial charge in [0.15, 0.2) is 0 Å². The average molecular weight is 249 g/mol. The first-order valence-electron chi connectivity index (χ1n) is 7.04. The Labute approximate surface area is 112 Å². The lowest BCUT2D eigenvalue weighted by molar-refractivity contribution is 0.309. The number of hydrogen-bond acceptors (Lipinski definition) is 3. The third-order valence-electron chi connectivity index (χ3n) is 3.35. The van der Waals surface area contributed by atoms with Gasteiger partial charge in [0.2, 0.25) is 0 Å². The predicted octanol–water partition coefficient (Wildman–Crippen LogP) is 2.83. The van der Waals surface area contributed by atoms with Gasteiger partial charge in [0.1, 0.15) is 0 Å². The molecule has 18 heavy (non-hydrogen) atoms. The van der Waals surface area contributed by atoms with E-state index in [-0.39, 0.29) is 0 Å². The van der Waals surface area contributed by atoms with Gasteiger partial charge < -0.3 is 15.5 Å². The molecule has 3 heteroatoms. The molecule has 0 amide bonds. The fraction of sp³-hybridized carbons (Fsp3) is 0.600. The van der Waals surface area contributed by atoms with E-state index in [0.717, 1.165) is 44.8 Å². The number of nitrogens with two attached hydrogens (primary N) is 1. The molecule has 102 valence electrons. The van der Waals surface area contributed by atoms with Crippen LogP contribution in [0.4, 0.5) is 11.4 Å². The van der Waals surface area contributed by atoms with Gasteiger partial charge >= 0.3 is 0 Å². The molecule has 0 aliphatic heterocycles. The minimum absolute atomic E-state index is 0.880. The summed E-state index contributed by atoms with van der Waals surface area (Å²) in [7, 11) is 0. The lowest BCUT2D eigenvalue weighted by Gasteiger charge is -2.28. The summed E-state index contributed by atoms with van der Waals surface area (Å²) in [5, 5.41) is 0. The second kappa shape index (κ2) is 7.98. The first-order valence-corrected chi connectivity index (χ1v) is 7.04. The van der Waals surface area contributed by atoms with Crippen molar-refractivity contribution in [3.8, 4) is 0 Å². The Morgan fingerprint density at radius 3 is 2.17 bits per heavy atom. The molecule has 1 rings (SSSR count). The zero-order valence-electron chi connectivity index (χ0n) is 12.0. The Kier molecular flexibility index (Phi) is 6.58. The van der Waals surface area contributed by atoms with Crippen molar-refractivity contribution < 1.29 is 0 Å². The SMILES string of the molecule is CCCN(CCN(CC)CC)c1ccccc1N. The van der Waals surface area contributed by atoms with Crippen LogP contribution in [0.2, 0.25) is 0 Å². The van der Waals surface area contributed by atoms with Gasteiger partial charge in [-0.25, -0.2) is 0 Å². The summed E-state index contributed by atoms with van der Waals surface area (Å²) >= 11 is 0. The van der Waals surface area contributed by atoms with Crippen molar-refractivity contribution >= 4 is 11.4 Å².